The molecule has 0 saturated carbocycles. The third kappa shape index (κ3) is 12.0. The zero-order valence-corrected chi connectivity index (χ0v) is 25.8. The number of ether oxygens (including phenoxy) is 2. The van der Waals surface area contributed by atoms with Crippen LogP contribution in [0, 0.1) is 5.92 Å². The van der Waals surface area contributed by atoms with E-state index < -0.39 is 35.7 Å². The van der Waals surface area contributed by atoms with Crippen LogP contribution in [-0.4, -0.2) is 60.1 Å². The molecule has 0 aliphatic carbocycles. The molecule has 226 valence electrons. The number of aryl methyl sites for hydroxylation is 1. The third-order valence-electron chi connectivity index (χ3n) is 6.63. The molecule has 0 bridgehead atoms. The summed E-state index contributed by atoms with van der Waals surface area (Å²) >= 11 is 0. The van der Waals surface area contributed by atoms with Crippen molar-refractivity contribution in [2.24, 2.45) is 5.92 Å². The number of hydrogen-bond donors (Lipinski definition) is 2. The van der Waals surface area contributed by atoms with Gasteiger partial charge in [0.25, 0.3) is 0 Å². The maximum absolute atomic E-state index is 14.3. The summed E-state index contributed by atoms with van der Waals surface area (Å²) in [4.78, 5) is 54.2. The van der Waals surface area contributed by atoms with Gasteiger partial charge in [0.1, 0.15) is 17.7 Å². The minimum absolute atomic E-state index is 0.0283. The maximum atomic E-state index is 14.3. The summed E-state index contributed by atoms with van der Waals surface area (Å²) < 4.78 is 10.4. The van der Waals surface area contributed by atoms with Gasteiger partial charge < -0.3 is 25.0 Å². The average Bonchev–Trinajstić information content (AvgIpc) is 2.89. The number of rotatable bonds is 16. The molecule has 2 N–H and O–H groups in total. The van der Waals surface area contributed by atoms with Crippen LogP contribution in [0.3, 0.4) is 0 Å². The summed E-state index contributed by atoms with van der Waals surface area (Å²) in [6.45, 7) is 15.7. The van der Waals surface area contributed by atoms with Crippen LogP contribution >= 0.6 is 0 Å². The van der Waals surface area contributed by atoms with E-state index in [1.165, 1.54) is 0 Å². The molecular formula is C31H51N3O6. The van der Waals surface area contributed by atoms with Gasteiger partial charge in [0, 0.05) is 13.1 Å². The van der Waals surface area contributed by atoms with Crippen molar-refractivity contribution in [1.82, 2.24) is 15.5 Å². The Morgan fingerprint density at radius 2 is 1.62 bits per heavy atom. The number of nitrogens with one attached hydrogen (secondary N) is 2. The first-order chi connectivity index (χ1) is 18.9. The van der Waals surface area contributed by atoms with Crippen molar-refractivity contribution in [2.75, 3.05) is 19.7 Å². The van der Waals surface area contributed by atoms with Gasteiger partial charge in [-0.1, -0.05) is 71.2 Å². The number of carbonyl (C=O) groups excluding carboxylic acids is 4. The van der Waals surface area contributed by atoms with Gasteiger partial charge in [-0.3, -0.25) is 14.4 Å². The van der Waals surface area contributed by atoms with E-state index in [0.29, 0.717) is 24.9 Å². The van der Waals surface area contributed by atoms with Gasteiger partial charge in [-0.2, -0.15) is 0 Å². The van der Waals surface area contributed by atoms with Gasteiger partial charge in [0.05, 0.1) is 13.0 Å². The highest BCUT2D eigenvalue weighted by atomic mass is 16.6. The molecule has 1 aromatic rings. The zero-order chi connectivity index (χ0) is 30.3. The van der Waals surface area contributed by atoms with E-state index >= 15 is 0 Å². The Bertz CT molecular complexity index is 941. The summed E-state index contributed by atoms with van der Waals surface area (Å²) in [5.74, 6) is -1.34. The smallest absolute Gasteiger partial charge is 0.408 e. The lowest BCUT2D eigenvalue weighted by Crippen LogP contribution is -2.55. The van der Waals surface area contributed by atoms with E-state index in [2.05, 4.69) is 17.6 Å². The van der Waals surface area contributed by atoms with Gasteiger partial charge >= 0.3 is 12.1 Å². The molecule has 3 unspecified atom stereocenters. The molecule has 0 aromatic heterocycles. The van der Waals surface area contributed by atoms with Gasteiger partial charge in [0.15, 0.2) is 0 Å². The molecule has 0 aliphatic rings. The van der Waals surface area contributed by atoms with Crippen LogP contribution in [0.2, 0.25) is 0 Å². The normalized spacial score (nSPS) is 13.5. The molecule has 1 aromatic carbocycles. The van der Waals surface area contributed by atoms with Crippen molar-refractivity contribution in [3.05, 3.63) is 35.4 Å². The van der Waals surface area contributed by atoms with Crippen LogP contribution in [-0.2, 0) is 30.3 Å². The molecule has 0 aliphatic heterocycles. The molecule has 9 nitrogen and oxygen atoms in total. The van der Waals surface area contributed by atoms with E-state index in [1.54, 1.807) is 32.6 Å². The molecule has 40 heavy (non-hydrogen) atoms. The molecule has 0 heterocycles. The van der Waals surface area contributed by atoms with Crippen LogP contribution in [0.5, 0.6) is 0 Å². The Morgan fingerprint density at radius 1 is 0.975 bits per heavy atom. The first-order valence-electron chi connectivity index (χ1n) is 14.7. The highest BCUT2D eigenvalue weighted by Crippen LogP contribution is 2.26. The number of esters is 1. The SMILES string of the molecule is CCCCCN(C(=O)C(NC(=O)OC(C)(C)C)C(C)CC)C(C(=O)NCCC(=O)OCC)c1ccc(CC)cc1. The number of nitrogens with zero attached hydrogens (tertiary/aromatic N) is 1. The van der Waals surface area contributed by atoms with Crippen molar-refractivity contribution in [3.63, 3.8) is 0 Å². The lowest BCUT2D eigenvalue weighted by molar-refractivity contribution is -0.145. The van der Waals surface area contributed by atoms with Crippen molar-refractivity contribution in [3.8, 4) is 0 Å². The summed E-state index contributed by atoms with van der Waals surface area (Å²) in [5.41, 5.74) is 1.05. The zero-order valence-electron chi connectivity index (χ0n) is 25.8. The quantitative estimate of drug-likeness (QED) is 0.209. The minimum atomic E-state index is -0.940. The van der Waals surface area contributed by atoms with Gasteiger partial charge in [-0.15, -0.1) is 0 Å². The van der Waals surface area contributed by atoms with Gasteiger partial charge in [-0.25, -0.2) is 4.79 Å². The number of amides is 3. The molecule has 3 atom stereocenters. The Hall–Kier alpha value is -3.10. The van der Waals surface area contributed by atoms with E-state index in [9.17, 15) is 19.2 Å². The molecule has 0 saturated heterocycles. The second kappa shape index (κ2) is 17.6. The van der Waals surface area contributed by atoms with Crippen molar-refractivity contribution in [1.29, 1.82) is 0 Å². The van der Waals surface area contributed by atoms with Crippen LogP contribution in [0.15, 0.2) is 24.3 Å². The van der Waals surface area contributed by atoms with Crippen molar-refractivity contribution in [2.45, 2.75) is 112 Å². The fraction of sp³-hybridized carbons (Fsp3) is 0.677. The fourth-order valence-corrected chi connectivity index (χ4v) is 4.22. The Kier molecular flexibility index (Phi) is 15.3. The lowest BCUT2D eigenvalue weighted by Gasteiger charge is -2.36. The standard InChI is InChI=1S/C31H51N3O6/c1-9-13-14-21-34(29(37)26(22(5)10-2)33-30(38)40-31(6,7)8)27(24-17-15-23(11-3)16-18-24)28(36)32-20-19-25(35)39-12-4/h15-18,22,26-27H,9-14,19-21H2,1-8H3,(H,32,36)(H,33,38). The van der Waals surface area contributed by atoms with Crippen LogP contribution in [0.1, 0.15) is 105 Å². The lowest BCUT2D eigenvalue weighted by atomic mass is 9.95. The molecule has 0 radical (unpaired) electrons. The highest BCUT2D eigenvalue weighted by molar-refractivity contribution is 5.92. The Balaban J connectivity index is 3.47. The van der Waals surface area contributed by atoms with Gasteiger partial charge in [0.2, 0.25) is 11.8 Å². The predicted octanol–water partition coefficient (Wildman–Crippen LogP) is 5.32. The summed E-state index contributed by atoms with van der Waals surface area (Å²) in [6, 6.07) is 5.82. The van der Waals surface area contributed by atoms with Crippen LogP contribution in [0.4, 0.5) is 4.79 Å². The number of alkyl carbamates (subject to hydrolysis) is 1. The van der Waals surface area contributed by atoms with Gasteiger partial charge in [-0.05, 0) is 57.6 Å². The monoisotopic (exact) mass is 561 g/mol. The van der Waals surface area contributed by atoms with E-state index in [-0.39, 0.29) is 31.4 Å². The molecule has 3 amide bonds. The first kappa shape index (κ1) is 34.9. The van der Waals surface area contributed by atoms with E-state index in [4.69, 9.17) is 9.47 Å². The van der Waals surface area contributed by atoms with Crippen molar-refractivity contribution < 1.29 is 28.7 Å². The summed E-state index contributed by atoms with van der Waals surface area (Å²) in [7, 11) is 0. The highest BCUT2D eigenvalue weighted by Gasteiger charge is 2.37. The average molecular weight is 562 g/mol. The molecular weight excluding hydrogens is 510 g/mol. The Morgan fingerprint density at radius 3 is 2.15 bits per heavy atom. The number of unbranched alkanes of at least 4 members (excludes halogenated alkanes) is 2. The third-order valence-corrected chi connectivity index (χ3v) is 6.63. The first-order valence-corrected chi connectivity index (χ1v) is 14.7. The molecule has 9 heteroatoms. The molecule has 0 fully saturated rings. The van der Waals surface area contributed by atoms with Crippen LogP contribution in [0.25, 0.3) is 0 Å². The maximum Gasteiger partial charge on any atom is 0.408 e. The second-order valence-corrected chi connectivity index (χ2v) is 11.1. The summed E-state index contributed by atoms with van der Waals surface area (Å²) in [6.07, 6.45) is 3.34. The number of hydrogen-bond acceptors (Lipinski definition) is 6. The predicted molar refractivity (Wildman–Crippen MR) is 157 cm³/mol. The number of benzene rings is 1. The van der Waals surface area contributed by atoms with Crippen molar-refractivity contribution >= 4 is 23.9 Å². The second-order valence-electron chi connectivity index (χ2n) is 11.1. The molecule has 1 rings (SSSR count). The van der Waals surface area contributed by atoms with Crippen LogP contribution < -0.4 is 10.6 Å². The largest absolute Gasteiger partial charge is 0.466 e. The number of carbonyl (C=O) groups is 4. The fourth-order valence-electron chi connectivity index (χ4n) is 4.22. The van der Waals surface area contributed by atoms with E-state index in [0.717, 1.165) is 24.8 Å². The molecule has 0 spiro atoms. The van der Waals surface area contributed by atoms with E-state index in [1.807, 2.05) is 45.0 Å². The topological polar surface area (TPSA) is 114 Å². The summed E-state index contributed by atoms with van der Waals surface area (Å²) in [5, 5.41) is 5.62. The Labute approximate surface area is 240 Å². The minimum Gasteiger partial charge on any atom is -0.466 e.